The molecule has 0 aromatic carbocycles. The number of carbonyl (C=O) groups is 4. The van der Waals surface area contributed by atoms with Crippen molar-refractivity contribution in [3.8, 4) is 0 Å². The van der Waals surface area contributed by atoms with Gasteiger partial charge in [0, 0.05) is 4.91 Å². The summed E-state index contributed by atoms with van der Waals surface area (Å²) in [5.74, 6) is -2.45. The van der Waals surface area contributed by atoms with Gasteiger partial charge >= 0.3 is 18.0 Å². The number of aliphatic hydroxyl groups is 1. The Balaban J connectivity index is 2.20. The van der Waals surface area contributed by atoms with Crippen LogP contribution in [0.1, 0.15) is 19.8 Å². The Hall–Kier alpha value is -3.05. The summed E-state index contributed by atoms with van der Waals surface area (Å²) in [6, 6.07) is -1.07. The van der Waals surface area contributed by atoms with E-state index in [0.29, 0.717) is 4.91 Å². The van der Waals surface area contributed by atoms with Gasteiger partial charge in [-0.15, -0.1) is 11.8 Å². The number of ether oxygens (including phenoxy) is 3. The minimum Gasteiger partial charge on any atom is -0.460 e. The van der Waals surface area contributed by atoms with Crippen LogP contribution in [-0.4, -0.2) is 71.3 Å². The van der Waals surface area contributed by atoms with Gasteiger partial charge in [-0.2, -0.15) is 0 Å². The fraction of sp³-hybridized carbons (Fsp3) is 0.455. The van der Waals surface area contributed by atoms with E-state index in [-0.39, 0.29) is 44.3 Å². The quantitative estimate of drug-likeness (QED) is 0.175. The number of hydrogen-bond donors (Lipinski definition) is 2. The minimum atomic E-state index is -1.07. The third-order valence-corrected chi connectivity index (χ3v) is 6.24. The van der Waals surface area contributed by atoms with E-state index in [1.54, 1.807) is 0 Å². The number of hydrogen-bond acceptors (Lipinski definition) is 9. The molecule has 0 aromatic heterocycles. The van der Waals surface area contributed by atoms with Crippen molar-refractivity contribution in [3.63, 3.8) is 0 Å². The highest BCUT2D eigenvalue weighted by Crippen LogP contribution is 2.51. The molecule has 2 aliphatic heterocycles. The lowest BCUT2D eigenvalue weighted by Gasteiger charge is -2.43. The number of esters is 2. The Morgan fingerprint density at radius 1 is 1.12 bits per heavy atom. The van der Waals surface area contributed by atoms with E-state index in [1.165, 1.54) is 41.8 Å². The van der Waals surface area contributed by atoms with Crippen LogP contribution >= 0.6 is 11.8 Å². The molecule has 0 aliphatic carbocycles. The van der Waals surface area contributed by atoms with Gasteiger partial charge in [-0.3, -0.25) is 9.69 Å². The van der Waals surface area contributed by atoms with E-state index in [0.717, 1.165) is 0 Å². The summed E-state index contributed by atoms with van der Waals surface area (Å²) >= 11 is 1.25. The standard InChI is InChI=1S/C22H28N2O8S/c1-5-10-30-20(27)14(23-22(29)32-12-7-3)8-9-15-17(21(28)31-11-6-2)24-18(26)16(13(4)25)19(24)33-15/h5-7,13-14,16,19,25H,1-3,8-12H2,4H3,(H,23,29)/t13?,14?,16?,19-/m0/s1. The predicted octanol–water partition coefficient (Wildman–Crippen LogP) is 1.63. The Morgan fingerprint density at radius 3 is 2.33 bits per heavy atom. The number of nitrogens with zero attached hydrogens (tertiary/aromatic N) is 1. The zero-order valence-electron chi connectivity index (χ0n) is 18.4. The highest BCUT2D eigenvalue weighted by molar-refractivity contribution is 8.04. The van der Waals surface area contributed by atoms with Crippen LogP contribution in [0.5, 0.6) is 0 Å². The molecule has 0 bridgehead atoms. The number of rotatable bonds is 13. The molecular formula is C22H28N2O8S. The SMILES string of the molecule is C=CCOC(=O)NC(CCC1=C(C(=O)OCC=C)N2C(=O)C(C(C)O)[C@@H]2S1)C(=O)OCC=C. The molecule has 0 spiro atoms. The fourth-order valence-corrected chi connectivity index (χ4v) is 4.93. The minimum absolute atomic E-state index is 0.0416. The molecule has 0 aromatic rings. The molecule has 11 heteroatoms. The molecule has 2 heterocycles. The number of allylic oxidation sites excluding steroid dienone is 1. The van der Waals surface area contributed by atoms with Crippen molar-refractivity contribution in [3.05, 3.63) is 48.6 Å². The first-order valence-corrected chi connectivity index (χ1v) is 11.1. The third kappa shape index (κ3) is 6.26. The summed E-state index contributed by atoms with van der Waals surface area (Å²) in [5.41, 5.74) is 0.0705. The Morgan fingerprint density at radius 2 is 1.73 bits per heavy atom. The van der Waals surface area contributed by atoms with Gasteiger partial charge in [-0.25, -0.2) is 14.4 Å². The highest BCUT2D eigenvalue weighted by Gasteiger charge is 2.57. The topological polar surface area (TPSA) is 131 Å². The monoisotopic (exact) mass is 480 g/mol. The number of nitrogens with one attached hydrogen (secondary N) is 1. The zero-order chi connectivity index (χ0) is 24.5. The van der Waals surface area contributed by atoms with E-state index in [2.05, 4.69) is 25.1 Å². The van der Waals surface area contributed by atoms with Crippen molar-refractivity contribution < 1.29 is 38.5 Å². The lowest BCUT2D eigenvalue weighted by molar-refractivity contribution is -0.158. The Labute approximate surface area is 196 Å². The zero-order valence-corrected chi connectivity index (χ0v) is 19.2. The molecule has 180 valence electrons. The Bertz CT molecular complexity index is 853. The summed E-state index contributed by atoms with van der Waals surface area (Å²) in [5, 5.41) is 11.9. The van der Waals surface area contributed by atoms with Crippen LogP contribution in [0.25, 0.3) is 0 Å². The molecule has 1 saturated heterocycles. The smallest absolute Gasteiger partial charge is 0.408 e. The van der Waals surface area contributed by atoms with Gasteiger partial charge < -0.3 is 24.6 Å². The average Bonchev–Trinajstić information content (AvgIpc) is 3.10. The first-order chi connectivity index (χ1) is 15.8. The number of aliphatic hydroxyl groups excluding tert-OH is 1. The number of carbonyl (C=O) groups excluding carboxylic acids is 4. The number of fused-ring (bicyclic) bond motifs is 1. The maximum atomic E-state index is 12.6. The van der Waals surface area contributed by atoms with Crippen LogP contribution in [0.4, 0.5) is 4.79 Å². The van der Waals surface area contributed by atoms with Gasteiger partial charge in [0.15, 0.2) is 0 Å². The molecule has 2 aliphatic rings. The number of alkyl carbamates (subject to hydrolysis) is 1. The number of β-lactam (4-membered cyclic amide) rings is 1. The molecule has 3 unspecified atom stereocenters. The van der Waals surface area contributed by atoms with Crippen LogP contribution < -0.4 is 5.32 Å². The number of amides is 2. The molecule has 10 nitrogen and oxygen atoms in total. The van der Waals surface area contributed by atoms with E-state index >= 15 is 0 Å². The van der Waals surface area contributed by atoms with Crippen molar-refractivity contribution in [1.82, 2.24) is 10.2 Å². The van der Waals surface area contributed by atoms with E-state index in [4.69, 9.17) is 14.2 Å². The van der Waals surface area contributed by atoms with Crippen molar-refractivity contribution in [2.75, 3.05) is 19.8 Å². The van der Waals surface area contributed by atoms with Gasteiger partial charge in [0.1, 0.15) is 36.9 Å². The van der Waals surface area contributed by atoms with Crippen LogP contribution in [0, 0.1) is 5.92 Å². The molecule has 2 rings (SSSR count). The van der Waals surface area contributed by atoms with E-state index in [1.807, 2.05) is 0 Å². The van der Waals surface area contributed by atoms with Crippen molar-refractivity contribution in [2.24, 2.45) is 5.92 Å². The van der Waals surface area contributed by atoms with Gasteiger partial charge in [-0.05, 0) is 19.8 Å². The predicted molar refractivity (Wildman–Crippen MR) is 120 cm³/mol. The maximum absolute atomic E-state index is 12.6. The van der Waals surface area contributed by atoms with Gasteiger partial charge in [0.2, 0.25) is 5.91 Å². The van der Waals surface area contributed by atoms with E-state index in [9.17, 15) is 24.3 Å². The van der Waals surface area contributed by atoms with Crippen LogP contribution in [-0.2, 0) is 28.6 Å². The third-order valence-electron chi connectivity index (χ3n) is 4.81. The van der Waals surface area contributed by atoms with Crippen molar-refractivity contribution >= 4 is 35.7 Å². The Kier molecular flexibility index (Phi) is 9.74. The van der Waals surface area contributed by atoms with E-state index < -0.39 is 41.5 Å². The van der Waals surface area contributed by atoms with Gasteiger partial charge in [0.25, 0.3) is 0 Å². The number of thioether (sulfide) groups is 1. The van der Waals surface area contributed by atoms with Gasteiger partial charge in [-0.1, -0.05) is 38.0 Å². The van der Waals surface area contributed by atoms with Crippen molar-refractivity contribution in [2.45, 2.75) is 37.3 Å². The largest absolute Gasteiger partial charge is 0.460 e. The second-order valence-corrected chi connectivity index (χ2v) is 8.39. The summed E-state index contributed by atoms with van der Waals surface area (Å²) in [7, 11) is 0. The molecule has 0 saturated carbocycles. The molecule has 33 heavy (non-hydrogen) atoms. The fourth-order valence-electron chi connectivity index (χ4n) is 3.31. The molecule has 2 amide bonds. The molecule has 2 N–H and O–H groups in total. The van der Waals surface area contributed by atoms with Gasteiger partial charge in [0.05, 0.1) is 12.0 Å². The lowest BCUT2D eigenvalue weighted by atomic mass is 9.92. The highest BCUT2D eigenvalue weighted by atomic mass is 32.2. The normalized spacial score (nSPS) is 20.7. The van der Waals surface area contributed by atoms with Crippen LogP contribution in [0.15, 0.2) is 48.6 Å². The lowest BCUT2D eigenvalue weighted by Crippen LogP contribution is -2.60. The summed E-state index contributed by atoms with van der Waals surface area (Å²) in [6.07, 6.45) is 2.67. The first-order valence-electron chi connectivity index (χ1n) is 10.3. The van der Waals surface area contributed by atoms with Crippen LogP contribution in [0.2, 0.25) is 0 Å². The van der Waals surface area contributed by atoms with Crippen LogP contribution in [0.3, 0.4) is 0 Å². The molecular weight excluding hydrogens is 452 g/mol. The second-order valence-electron chi connectivity index (χ2n) is 7.18. The molecule has 0 radical (unpaired) electrons. The molecule has 4 atom stereocenters. The average molecular weight is 481 g/mol. The molecule has 1 fully saturated rings. The van der Waals surface area contributed by atoms with Crippen molar-refractivity contribution in [1.29, 1.82) is 0 Å². The summed E-state index contributed by atoms with van der Waals surface area (Å²) in [4.78, 5) is 51.4. The summed E-state index contributed by atoms with van der Waals surface area (Å²) < 4.78 is 15.1. The second kappa shape index (κ2) is 12.3. The maximum Gasteiger partial charge on any atom is 0.408 e. The summed E-state index contributed by atoms with van der Waals surface area (Å²) in [6.45, 7) is 11.8. The first kappa shape index (κ1) is 26.2.